The SMILES string of the molecule is CC(=O)OCCOC(=O)Oc1c(C)nc(C)c(C(C)=O)c1-c1cccc([N+](=O)[O-])c1. The maximum atomic E-state index is 12.3. The van der Waals surface area contributed by atoms with Crippen LogP contribution >= 0.6 is 0 Å². The topological polar surface area (TPSA) is 135 Å². The molecule has 2 rings (SSSR count). The van der Waals surface area contributed by atoms with E-state index in [0.717, 1.165) is 0 Å². The molecule has 0 aliphatic rings. The highest BCUT2D eigenvalue weighted by atomic mass is 16.7. The number of nitro groups is 1. The van der Waals surface area contributed by atoms with E-state index in [0.29, 0.717) is 11.3 Å². The first kappa shape index (κ1) is 22.5. The Kier molecular flexibility index (Phi) is 7.18. The number of carbonyl (C=O) groups excluding carboxylic acids is 3. The Morgan fingerprint density at radius 3 is 2.33 bits per heavy atom. The quantitative estimate of drug-likeness (QED) is 0.218. The van der Waals surface area contributed by atoms with Gasteiger partial charge in [0.2, 0.25) is 0 Å². The molecule has 30 heavy (non-hydrogen) atoms. The Morgan fingerprint density at radius 1 is 1.07 bits per heavy atom. The third kappa shape index (κ3) is 5.37. The molecule has 0 saturated heterocycles. The van der Waals surface area contributed by atoms with Gasteiger partial charge in [-0.15, -0.1) is 0 Å². The second-order valence-corrected chi connectivity index (χ2v) is 6.27. The number of carbonyl (C=O) groups is 3. The lowest BCUT2D eigenvalue weighted by Crippen LogP contribution is -2.17. The number of Topliss-reactive ketones (excluding diaryl/α,β-unsaturated/α-hetero) is 1. The van der Waals surface area contributed by atoms with Crippen LogP contribution in [0.15, 0.2) is 24.3 Å². The normalized spacial score (nSPS) is 10.3. The molecule has 158 valence electrons. The van der Waals surface area contributed by atoms with Crippen molar-refractivity contribution in [2.75, 3.05) is 13.2 Å². The van der Waals surface area contributed by atoms with Gasteiger partial charge in [-0.25, -0.2) is 4.79 Å². The molecule has 1 heterocycles. The van der Waals surface area contributed by atoms with Crippen LogP contribution in [0.2, 0.25) is 0 Å². The zero-order valence-corrected chi connectivity index (χ0v) is 16.9. The van der Waals surface area contributed by atoms with Crippen molar-refractivity contribution in [3.8, 4) is 16.9 Å². The number of nitrogens with zero attached hydrogens (tertiary/aromatic N) is 2. The van der Waals surface area contributed by atoms with Gasteiger partial charge in [0.1, 0.15) is 13.2 Å². The summed E-state index contributed by atoms with van der Waals surface area (Å²) in [6, 6.07) is 5.61. The number of esters is 1. The smallest absolute Gasteiger partial charge is 0.462 e. The summed E-state index contributed by atoms with van der Waals surface area (Å²) >= 11 is 0. The van der Waals surface area contributed by atoms with Crippen LogP contribution in [0, 0.1) is 24.0 Å². The average Bonchev–Trinajstić information content (AvgIpc) is 2.66. The first-order valence-corrected chi connectivity index (χ1v) is 8.86. The van der Waals surface area contributed by atoms with Crippen molar-refractivity contribution in [1.29, 1.82) is 0 Å². The molecular weight excluding hydrogens is 396 g/mol. The number of hydrogen-bond donors (Lipinski definition) is 0. The second-order valence-electron chi connectivity index (χ2n) is 6.27. The molecule has 10 heteroatoms. The van der Waals surface area contributed by atoms with Crippen molar-refractivity contribution in [1.82, 2.24) is 4.98 Å². The van der Waals surface area contributed by atoms with Crippen LogP contribution in [-0.2, 0) is 14.3 Å². The van der Waals surface area contributed by atoms with E-state index in [1.807, 2.05) is 0 Å². The second kappa shape index (κ2) is 9.59. The molecule has 2 aromatic rings. The number of aromatic nitrogens is 1. The molecule has 0 aliphatic carbocycles. The highest BCUT2D eigenvalue weighted by Gasteiger charge is 2.25. The Morgan fingerprint density at radius 2 is 1.73 bits per heavy atom. The van der Waals surface area contributed by atoms with Gasteiger partial charge in [-0.1, -0.05) is 12.1 Å². The predicted molar refractivity (Wildman–Crippen MR) is 104 cm³/mol. The first-order chi connectivity index (χ1) is 14.1. The molecule has 0 spiro atoms. The van der Waals surface area contributed by atoms with Gasteiger partial charge in [0.25, 0.3) is 5.69 Å². The average molecular weight is 416 g/mol. The van der Waals surface area contributed by atoms with E-state index in [9.17, 15) is 24.5 Å². The number of hydrogen-bond acceptors (Lipinski definition) is 9. The Bertz CT molecular complexity index is 1020. The summed E-state index contributed by atoms with van der Waals surface area (Å²) in [5, 5.41) is 11.2. The number of rotatable bonds is 7. The van der Waals surface area contributed by atoms with Crippen LogP contribution in [-0.4, -0.2) is 41.0 Å². The number of pyridine rings is 1. The van der Waals surface area contributed by atoms with Crippen LogP contribution in [0.5, 0.6) is 5.75 Å². The Balaban J connectivity index is 2.50. The maximum absolute atomic E-state index is 12.3. The fourth-order valence-electron chi connectivity index (χ4n) is 2.86. The van der Waals surface area contributed by atoms with Gasteiger partial charge in [-0.3, -0.25) is 24.7 Å². The fourth-order valence-corrected chi connectivity index (χ4v) is 2.86. The number of ketones is 1. The zero-order valence-electron chi connectivity index (χ0n) is 16.9. The predicted octanol–water partition coefficient (Wildman–Crippen LogP) is 3.55. The van der Waals surface area contributed by atoms with Gasteiger partial charge in [0.05, 0.1) is 16.2 Å². The number of benzene rings is 1. The molecule has 0 bridgehead atoms. The van der Waals surface area contributed by atoms with Crippen molar-refractivity contribution in [3.05, 3.63) is 51.3 Å². The third-order valence-corrected chi connectivity index (χ3v) is 3.99. The highest BCUT2D eigenvalue weighted by molar-refractivity contribution is 6.04. The first-order valence-electron chi connectivity index (χ1n) is 8.86. The van der Waals surface area contributed by atoms with Crippen molar-refractivity contribution in [2.45, 2.75) is 27.7 Å². The molecule has 0 saturated carbocycles. The summed E-state index contributed by atoms with van der Waals surface area (Å²) in [7, 11) is 0. The third-order valence-electron chi connectivity index (χ3n) is 3.99. The molecule has 10 nitrogen and oxygen atoms in total. The van der Waals surface area contributed by atoms with Gasteiger partial charge >= 0.3 is 12.1 Å². The lowest BCUT2D eigenvalue weighted by Gasteiger charge is -2.17. The number of non-ortho nitro benzene ring substituents is 1. The van der Waals surface area contributed by atoms with Crippen LogP contribution in [0.1, 0.15) is 35.6 Å². The largest absolute Gasteiger partial charge is 0.514 e. The minimum Gasteiger partial charge on any atom is -0.462 e. The van der Waals surface area contributed by atoms with Crippen LogP contribution in [0.25, 0.3) is 11.1 Å². The van der Waals surface area contributed by atoms with E-state index in [4.69, 9.17) is 9.47 Å². The highest BCUT2D eigenvalue weighted by Crippen LogP contribution is 2.38. The lowest BCUT2D eigenvalue weighted by molar-refractivity contribution is -0.384. The van der Waals surface area contributed by atoms with E-state index in [2.05, 4.69) is 9.72 Å². The number of ether oxygens (including phenoxy) is 3. The molecule has 0 atom stereocenters. The monoisotopic (exact) mass is 416 g/mol. The molecule has 0 aliphatic heterocycles. The van der Waals surface area contributed by atoms with Crippen molar-refractivity contribution < 1.29 is 33.5 Å². The van der Waals surface area contributed by atoms with Crippen LogP contribution in [0.4, 0.5) is 10.5 Å². The molecule has 0 N–H and O–H groups in total. The van der Waals surface area contributed by atoms with E-state index < -0.39 is 17.0 Å². The van der Waals surface area contributed by atoms with Gasteiger partial charge in [-0.2, -0.15) is 0 Å². The molecule has 0 amide bonds. The van der Waals surface area contributed by atoms with E-state index in [1.165, 1.54) is 32.0 Å². The van der Waals surface area contributed by atoms with E-state index in [1.54, 1.807) is 19.9 Å². The van der Waals surface area contributed by atoms with Crippen molar-refractivity contribution >= 4 is 23.6 Å². The summed E-state index contributed by atoms with van der Waals surface area (Å²) in [6.07, 6.45) is -1.10. The number of aryl methyl sites for hydroxylation is 2. The van der Waals surface area contributed by atoms with Gasteiger partial charge in [-0.05, 0) is 26.3 Å². The fraction of sp³-hybridized carbons (Fsp3) is 0.300. The molecule has 1 aromatic carbocycles. The van der Waals surface area contributed by atoms with E-state index in [-0.39, 0.29) is 47.3 Å². The molecular formula is C20H20N2O8. The van der Waals surface area contributed by atoms with Crippen molar-refractivity contribution in [3.63, 3.8) is 0 Å². The van der Waals surface area contributed by atoms with Gasteiger partial charge in [0, 0.05) is 30.3 Å². The lowest BCUT2D eigenvalue weighted by atomic mass is 9.94. The van der Waals surface area contributed by atoms with Gasteiger partial charge in [0.15, 0.2) is 11.5 Å². The summed E-state index contributed by atoms with van der Waals surface area (Å²) in [5.74, 6) is -0.928. The standard InChI is InChI=1S/C20H20N2O8/c1-11-17(13(3)23)18(15-6-5-7-16(10-15)22(26)27)19(12(2)21-11)30-20(25)29-9-8-28-14(4)24/h5-7,10H,8-9H2,1-4H3. The van der Waals surface area contributed by atoms with Crippen LogP contribution in [0.3, 0.4) is 0 Å². The van der Waals surface area contributed by atoms with Gasteiger partial charge < -0.3 is 14.2 Å². The molecule has 0 unspecified atom stereocenters. The minimum atomic E-state index is -1.10. The summed E-state index contributed by atoms with van der Waals surface area (Å²) < 4.78 is 14.8. The molecule has 0 radical (unpaired) electrons. The van der Waals surface area contributed by atoms with Crippen molar-refractivity contribution in [2.24, 2.45) is 0 Å². The Hall–Kier alpha value is -3.82. The number of nitro benzene ring substituents is 1. The summed E-state index contributed by atoms with van der Waals surface area (Å²) in [4.78, 5) is 50.1. The van der Waals surface area contributed by atoms with E-state index >= 15 is 0 Å². The minimum absolute atomic E-state index is 0.0521. The summed E-state index contributed by atoms with van der Waals surface area (Å²) in [5.41, 5.74) is 1.17. The molecule has 1 aromatic heterocycles. The summed E-state index contributed by atoms with van der Waals surface area (Å²) in [6.45, 7) is 5.34. The van der Waals surface area contributed by atoms with Crippen LogP contribution < -0.4 is 4.74 Å². The Labute approximate surface area is 171 Å². The molecule has 0 fully saturated rings. The maximum Gasteiger partial charge on any atom is 0.514 e. The zero-order chi connectivity index (χ0) is 22.4.